The van der Waals surface area contributed by atoms with Crippen molar-refractivity contribution in [3.8, 4) is 0 Å². The van der Waals surface area contributed by atoms with Crippen molar-refractivity contribution in [3.05, 3.63) is 28.8 Å². The average molecular weight is 267 g/mol. The molecule has 4 heteroatoms. The van der Waals surface area contributed by atoms with Gasteiger partial charge in [0.15, 0.2) is 0 Å². The smallest absolute Gasteiger partial charge is 0.227 e. The number of amides is 1. The molecular formula is C14H19ClN2O. The summed E-state index contributed by atoms with van der Waals surface area (Å²) in [7, 11) is 0. The Morgan fingerprint density at radius 1 is 1.50 bits per heavy atom. The van der Waals surface area contributed by atoms with E-state index < -0.39 is 0 Å². The fraction of sp³-hybridized carbons (Fsp3) is 0.500. The predicted octanol–water partition coefficient (Wildman–Crippen LogP) is 2.98. The molecule has 1 aromatic rings. The summed E-state index contributed by atoms with van der Waals surface area (Å²) in [4.78, 5) is 12.1. The van der Waals surface area contributed by atoms with E-state index in [-0.39, 0.29) is 11.8 Å². The molecule has 1 amide bonds. The molecule has 0 radical (unpaired) electrons. The van der Waals surface area contributed by atoms with Gasteiger partial charge in [0.25, 0.3) is 0 Å². The fourth-order valence-electron chi connectivity index (χ4n) is 2.28. The fourth-order valence-corrected chi connectivity index (χ4v) is 2.47. The van der Waals surface area contributed by atoms with Gasteiger partial charge in [-0.3, -0.25) is 4.79 Å². The molecule has 2 rings (SSSR count). The molecule has 1 saturated heterocycles. The quantitative estimate of drug-likeness (QED) is 0.864. The second kappa shape index (κ2) is 5.72. The van der Waals surface area contributed by atoms with Gasteiger partial charge in [-0.05, 0) is 50.9 Å². The zero-order valence-corrected chi connectivity index (χ0v) is 11.6. The lowest BCUT2D eigenvalue weighted by Gasteiger charge is -2.27. The normalized spacial score (nSPS) is 23.7. The minimum atomic E-state index is 0.0985. The van der Waals surface area contributed by atoms with Gasteiger partial charge < -0.3 is 10.6 Å². The summed E-state index contributed by atoms with van der Waals surface area (Å²) in [6.07, 6.45) is 1.79. The van der Waals surface area contributed by atoms with Crippen LogP contribution >= 0.6 is 11.6 Å². The number of hydrogen-bond acceptors (Lipinski definition) is 2. The van der Waals surface area contributed by atoms with Gasteiger partial charge in [-0.25, -0.2) is 0 Å². The van der Waals surface area contributed by atoms with Crippen molar-refractivity contribution in [3.63, 3.8) is 0 Å². The molecule has 0 spiro atoms. The van der Waals surface area contributed by atoms with E-state index in [0.717, 1.165) is 30.6 Å². The highest BCUT2D eigenvalue weighted by molar-refractivity contribution is 6.31. The van der Waals surface area contributed by atoms with Crippen LogP contribution < -0.4 is 10.6 Å². The Morgan fingerprint density at radius 3 is 2.94 bits per heavy atom. The topological polar surface area (TPSA) is 41.1 Å². The predicted molar refractivity (Wildman–Crippen MR) is 75.0 cm³/mol. The Labute approximate surface area is 113 Å². The second-order valence-corrected chi connectivity index (χ2v) is 5.44. The van der Waals surface area contributed by atoms with Crippen LogP contribution in [0.5, 0.6) is 0 Å². The van der Waals surface area contributed by atoms with Crippen molar-refractivity contribution >= 4 is 23.2 Å². The maximum absolute atomic E-state index is 12.1. The van der Waals surface area contributed by atoms with Crippen LogP contribution in [0.3, 0.4) is 0 Å². The summed E-state index contributed by atoms with van der Waals surface area (Å²) in [5, 5.41) is 6.98. The van der Waals surface area contributed by atoms with Crippen molar-refractivity contribution in [1.29, 1.82) is 0 Å². The minimum absolute atomic E-state index is 0.0985. The van der Waals surface area contributed by atoms with Crippen LogP contribution in [0.4, 0.5) is 5.69 Å². The molecule has 1 aromatic carbocycles. The number of hydrogen-bond donors (Lipinski definition) is 2. The number of carbonyl (C=O) groups is 1. The summed E-state index contributed by atoms with van der Waals surface area (Å²) in [5.41, 5.74) is 1.80. The van der Waals surface area contributed by atoms with Crippen LogP contribution in [-0.4, -0.2) is 18.5 Å². The molecule has 1 heterocycles. The van der Waals surface area contributed by atoms with E-state index in [0.29, 0.717) is 11.1 Å². The molecule has 2 N–H and O–H groups in total. The Morgan fingerprint density at radius 2 is 2.28 bits per heavy atom. The van der Waals surface area contributed by atoms with Crippen molar-refractivity contribution in [2.24, 2.45) is 5.92 Å². The van der Waals surface area contributed by atoms with Crippen molar-refractivity contribution < 1.29 is 4.79 Å². The van der Waals surface area contributed by atoms with Gasteiger partial charge in [0.05, 0.1) is 0 Å². The molecule has 3 nitrogen and oxygen atoms in total. The summed E-state index contributed by atoms with van der Waals surface area (Å²) >= 11 is 6.04. The lowest BCUT2D eigenvalue weighted by atomic mass is 9.92. The molecule has 1 aliphatic heterocycles. The summed E-state index contributed by atoms with van der Waals surface area (Å²) in [6.45, 7) is 4.97. The first kappa shape index (κ1) is 13.4. The highest BCUT2D eigenvalue weighted by Gasteiger charge is 2.24. The number of carbonyl (C=O) groups excluding carboxylic acids is 1. The standard InChI is InChI=1S/C14H19ClN2O/c1-9-3-4-12(8-13(9)15)17-14(18)11-5-6-16-10(2)7-11/h3-4,8,10-11,16H,5-7H2,1-2H3,(H,17,18)/t10-,11-/m0/s1. The van der Waals surface area contributed by atoms with Crippen molar-refractivity contribution in [1.82, 2.24) is 5.32 Å². The summed E-state index contributed by atoms with van der Waals surface area (Å²) in [6, 6.07) is 6.03. The second-order valence-electron chi connectivity index (χ2n) is 5.03. The Hall–Kier alpha value is -1.06. The highest BCUT2D eigenvalue weighted by Crippen LogP contribution is 2.22. The zero-order valence-electron chi connectivity index (χ0n) is 10.8. The minimum Gasteiger partial charge on any atom is -0.326 e. The van der Waals surface area contributed by atoms with E-state index in [2.05, 4.69) is 17.6 Å². The first-order valence-electron chi connectivity index (χ1n) is 6.36. The molecule has 18 heavy (non-hydrogen) atoms. The largest absolute Gasteiger partial charge is 0.326 e. The van der Waals surface area contributed by atoms with E-state index in [4.69, 9.17) is 11.6 Å². The van der Waals surface area contributed by atoms with E-state index in [9.17, 15) is 4.79 Å². The van der Waals surface area contributed by atoms with Crippen molar-refractivity contribution in [2.45, 2.75) is 32.7 Å². The van der Waals surface area contributed by atoms with Gasteiger partial charge in [-0.1, -0.05) is 17.7 Å². The molecule has 1 fully saturated rings. The van der Waals surface area contributed by atoms with E-state index in [1.165, 1.54) is 0 Å². The monoisotopic (exact) mass is 266 g/mol. The Bertz CT molecular complexity index is 447. The zero-order chi connectivity index (χ0) is 13.1. The first-order chi connectivity index (χ1) is 8.56. The molecule has 98 valence electrons. The van der Waals surface area contributed by atoms with E-state index in [1.807, 2.05) is 19.1 Å². The van der Waals surface area contributed by atoms with Gasteiger partial charge in [0.2, 0.25) is 5.91 Å². The van der Waals surface area contributed by atoms with Crippen LogP contribution in [0.25, 0.3) is 0 Å². The Balaban J connectivity index is 2.00. The van der Waals surface area contributed by atoms with E-state index >= 15 is 0 Å². The summed E-state index contributed by atoms with van der Waals surface area (Å²) in [5.74, 6) is 0.199. The lowest BCUT2D eigenvalue weighted by Crippen LogP contribution is -2.40. The van der Waals surface area contributed by atoms with Crippen LogP contribution in [0.2, 0.25) is 5.02 Å². The third-order valence-electron chi connectivity index (χ3n) is 3.43. The number of anilines is 1. The average Bonchev–Trinajstić information content (AvgIpc) is 2.34. The molecule has 1 aliphatic rings. The van der Waals surface area contributed by atoms with Gasteiger partial charge in [-0.15, -0.1) is 0 Å². The molecule has 0 bridgehead atoms. The maximum atomic E-state index is 12.1. The molecule has 0 aromatic heterocycles. The van der Waals surface area contributed by atoms with Gasteiger partial charge >= 0.3 is 0 Å². The van der Waals surface area contributed by atoms with Crippen LogP contribution in [-0.2, 0) is 4.79 Å². The summed E-state index contributed by atoms with van der Waals surface area (Å²) < 4.78 is 0. The molecule has 0 aliphatic carbocycles. The Kier molecular flexibility index (Phi) is 4.25. The lowest BCUT2D eigenvalue weighted by molar-refractivity contribution is -0.120. The number of benzene rings is 1. The van der Waals surface area contributed by atoms with Gasteiger partial charge in [0.1, 0.15) is 0 Å². The maximum Gasteiger partial charge on any atom is 0.227 e. The number of aryl methyl sites for hydroxylation is 1. The number of piperidine rings is 1. The van der Waals surface area contributed by atoms with E-state index in [1.54, 1.807) is 6.07 Å². The molecule has 0 saturated carbocycles. The number of halogens is 1. The number of rotatable bonds is 2. The van der Waals surface area contributed by atoms with Gasteiger partial charge in [0, 0.05) is 22.7 Å². The van der Waals surface area contributed by atoms with Crippen molar-refractivity contribution in [2.75, 3.05) is 11.9 Å². The van der Waals surface area contributed by atoms with Crippen LogP contribution in [0.15, 0.2) is 18.2 Å². The molecule has 2 atom stereocenters. The third kappa shape index (κ3) is 3.24. The SMILES string of the molecule is Cc1ccc(NC(=O)[C@H]2CCN[C@@H](C)C2)cc1Cl. The first-order valence-corrected chi connectivity index (χ1v) is 6.74. The van der Waals surface area contributed by atoms with Crippen LogP contribution in [0.1, 0.15) is 25.3 Å². The third-order valence-corrected chi connectivity index (χ3v) is 3.84. The number of nitrogens with one attached hydrogen (secondary N) is 2. The molecule has 0 unspecified atom stereocenters. The van der Waals surface area contributed by atoms with Gasteiger partial charge in [-0.2, -0.15) is 0 Å². The molecular weight excluding hydrogens is 248 g/mol. The highest BCUT2D eigenvalue weighted by atomic mass is 35.5. The van der Waals surface area contributed by atoms with Crippen LogP contribution in [0, 0.1) is 12.8 Å².